The van der Waals surface area contributed by atoms with Gasteiger partial charge in [0, 0.05) is 26.1 Å². The van der Waals surface area contributed by atoms with Gasteiger partial charge in [-0.05, 0) is 37.6 Å². The number of allylic oxidation sites excluding steroid dienone is 1. The lowest BCUT2D eigenvalue weighted by Gasteiger charge is -2.35. The third-order valence-corrected chi connectivity index (χ3v) is 3.50. The molecule has 0 aliphatic carbocycles. The Morgan fingerprint density at radius 3 is 2.52 bits per heavy atom. The minimum Gasteiger partial charge on any atom is -0.373 e. The van der Waals surface area contributed by atoms with E-state index in [0.717, 1.165) is 25.2 Å². The fraction of sp³-hybridized carbons (Fsp3) is 0.471. The van der Waals surface area contributed by atoms with Gasteiger partial charge in [0.05, 0.1) is 12.2 Å². The SMILES string of the molecule is CC1CN(CCC(=O)C=Cc2ccc(F)cc2)CC(C)O1. The van der Waals surface area contributed by atoms with Crippen LogP contribution in [0.5, 0.6) is 0 Å². The number of hydrogen-bond acceptors (Lipinski definition) is 3. The molecular formula is C17H22FNO2. The van der Waals surface area contributed by atoms with E-state index in [4.69, 9.17) is 4.74 Å². The number of ether oxygens (including phenoxy) is 1. The van der Waals surface area contributed by atoms with Crippen LogP contribution in [-0.4, -0.2) is 42.5 Å². The van der Waals surface area contributed by atoms with Crippen LogP contribution in [0.25, 0.3) is 6.08 Å². The highest BCUT2D eigenvalue weighted by Gasteiger charge is 2.21. The van der Waals surface area contributed by atoms with Crippen molar-refractivity contribution in [2.75, 3.05) is 19.6 Å². The smallest absolute Gasteiger partial charge is 0.156 e. The van der Waals surface area contributed by atoms with Crippen molar-refractivity contribution >= 4 is 11.9 Å². The summed E-state index contributed by atoms with van der Waals surface area (Å²) in [4.78, 5) is 14.1. The zero-order valence-electron chi connectivity index (χ0n) is 12.6. The fourth-order valence-electron chi connectivity index (χ4n) is 2.58. The van der Waals surface area contributed by atoms with Gasteiger partial charge in [-0.1, -0.05) is 18.2 Å². The first-order valence-electron chi connectivity index (χ1n) is 7.37. The molecule has 2 rings (SSSR count). The molecule has 0 amide bonds. The molecule has 1 fully saturated rings. The second-order valence-corrected chi connectivity index (χ2v) is 5.62. The van der Waals surface area contributed by atoms with Crippen LogP contribution < -0.4 is 0 Å². The molecule has 114 valence electrons. The Morgan fingerprint density at radius 1 is 1.29 bits per heavy atom. The van der Waals surface area contributed by atoms with Gasteiger partial charge in [-0.3, -0.25) is 9.69 Å². The van der Waals surface area contributed by atoms with E-state index in [1.165, 1.54) is 12.1 Å². The highest BCUT2D eigenvalue weighted by Crippen LogP contribution is 2.11. The minimum absolute atomic E-state index is 0.0890. The van der Waals surface area contributed by atoms with E-state index in [-0.39, 0.29) is 23.8 Å². The molecule has 2 atom stereocenters. The quantitative estimate of drug-likeness (QED) is 0.781. The highest BCUT2D eigenvalue weighted by atomic mass is 19.1. The van der Waals surface area contributed by atoms with Gasteiger partial charge in [-0.2, -0.15) is 0 Å². The molecule has 0 aromatic heterocycles. The number of hydrogen-bond donors (Lipinski definition) is 0. The Balaban J connectivity index is 1.78. The van der Waals surface area contributed by atoms with Gasteiger partial charge in [0.15, 0.2) is 5.78 Å². The van der Waals surface area contributed by atoms with Gasteiger partial charge >= 0.3 is 0 Å². The summed E-state index contributed by atoms with van der Waals surface area (Å²) in [5, 5.41) is 0. The molecule has 1 saturated heterocycles. The number of nitrogens with zero attached hydrogens (tertiary/aromatic N) is 1. The minimum atomic E-state index is -0.269. The summed E-state index contributed by atoms with van der Waals surface area (Å²) in [7, 11) is 0. The molecule has 1 aliphatic heterocycles. The van der Waals surface area contributed by atoms with Gasteiger partial charge in [-0.25, -0.2) is 4.39 Å². The van der Waals surface area contributed by atoms with Gasteiger partial charge in [0.1, 0.15) is 5.82 Å². The Morgan fingerprint density at radius 2 is 1.90 bits per heavy atom. The number of halogens is 1. The average Bonchev–Trinajstić information content (AvgIpc) is 2.43. The predicted octanol–water partition coefficient (Wildman–Crippen LogP) is 2.91. The number of rotatable bonds is 5. The van der Waals surface area contributed by atoms with E-state index in [1.807, 2.05) is 0 Å². The van der Waals surface area contributed by atoms with Crippen LogP contribution in [0.4, 0.5) is 4.39 Å². The van der Waals surface area contributed by atoms with Gasteiger partial charge in [0.25, 0.3) is 0 Å². The lowest BCUT2D eigenvalue weighted by Crippen LogP contribution is -2.45. The van der Waals surface area contributed by atoms with E-state index < -0.39 is 0 Å². The lowest BCUT2D eigenvalue weighted by atomic mass is 10.1. The zero-order valence-corrected chi connectivity index (χ0v) is 12.6. The van der Waals surface area contributed by atoms with E-state index in [2.05, 4.69) is 18.7 Å². The molecule has 0 saturated carbocycles. The molecule has 2 unspecified atom stereocenters. The molecule has 4 heteroatoms. The van der Waals surface area contributed by atoms with Crippen LogP contribution in [0.1, 0.15) is 25.8 Å². The highest BCUT2D eigenvalue weighted by molar-refractivity contribution is 5.93. The lowest BCUT2D eigenvalue weighted by molar-refractivity contribution is -0.116. The molecule has 0 radical (unpaired) electrons. The topological polar surface area (TPSA) is 29.5 Å². The molecule has 0 N–H and O–H groups in total. The van der Waals surface area contributed by atoms with Gasteiger partial charge in [0.2, 0.25) is 0 Å². The second kappa shape index (κ2) is 7.48. The van der Waals surface area contributed by atoms with Crippen molar-refractivity contribution in [1.82, 2.24) is 4.90 Å². The number of carbonyl (C=O) groups excluding carboxylic acids is 1. The summed E-state index contributed by atoms with van der Waals surface area (Å²) in [5.41, 5.74) is 0.832. The largest absolute Gasteiger partial charge is 0.373 e. The first kappa shape index (κ1) is 15.9. The molecule has 1 aromatic rings. The Hall–Kier alpha value is -1.52. The van der Waals surface area contributed by atoms with E-state index in [1.54, 1.807) is 24.3 Å². The summed E-state index contributed by atoms with van der Waals surface area (Å²) < 4.78 is 18.4. The second-order valence-electron chi connectivity index (χ2n) is 5.62. The molecule has 21 heavy (non-hydrogen) atoms. The van der Waals surface area contributed by atoms with Crippen molar-refractivity contribution in [2.24, 2.45) is 0 Å². The van der Waals surface area contributed by atoms with E-state index in [0.29, 0.717) is 6.42 Å². The van der Waals surface area contributed by atoms with Crippen LogP contribution >= 0.6 is 0 Å². The van der Waals surface area contributed by atoms with E-state index >= 15 is 0 Å². The molecule has 0 spiro atoms. The summed E-state index contributed by atoms with van der Waals surface area (Å²) in [5.74, 6) is -0.180. The standard InChI is InChI=1S/C17H22FNO2/c1-13-11-19(12-14(2)21-13)10-9-17(20)8-5-15-3-6-16(18)7-4-15/h3-8,13-14H,9-12H2,1-2H3. The molecular weight excluding hydrogens is 269 g/mol. The van der Waals surface area contributed by atoms with E-state index in [9.17, 15) is 9.18 Å². The Labute approximate surface area is 125 Å². The average molecular weight is 291 g/mol. The van der Waals surface area contributed by atoms with Crippen molar-refractivity contribution < 1.29 is 13.9 Å². The fourth-order valence-corrected chi connectivity index (χ4v) is 2.58. The Bertz CT molecular complexity index is 488. The van der Waals surface area contributed by atoms with Gasteiger partial charge in [-0.15, -0.1) is 0 Å². The van der Waals surface area contributed by atoms with Gasteiger partial charge < -0.3 is 4.74 Å². The first-order chi connectivity index (χ1) is 10.0. The number of ketones is 1. The molecule has 1 aliphatic rings. The molecule has 1 aromatic carbocycles. The summed E-state index contributed by atoms with van der Waals surface area (Å²) >= 11 is 0. The van der Waals surface area contributed by atoms with Crippen LogP contribution in [0.3, 0.4) is 0 Å². The maximum atomic E-state index is 12.8. The first-order valence-corrected chi connectivity index (χ1v) is 7.37. The van der Waals surface area contributed by atoms with Crippen molar-refractivity contribution in [1.29, 1.82) is 0 Å². The van der Waals surface area contributed by atoms with Crippen LogP contribution in [0.15, 0.2) is 30.3 Å². The third kappa shape index (κ3) is 5.40. The monoisotopic (exact) mass is 291 g/mol. The molecule has 0 bridgehead atoms. The summed E-state index contributed by atoms with van der Waals surface area (Å²) in [6, 6.07) is 6.09. The van der Waals surface area contributed by atoms with Crippen LogP contribution in [0, 0.1) is 5.82 Å². The van der Waals surface area contributed by atoms with Crippen molar-refractivity contribution in [3.63, 3.8) is 0 Å². The maximum Gasteiger partial charge on any atom is 0.156 e. The van der Waals surface area contributed by atoms with Crippen LogP contribution in [0.2, 0.25) is 0 Å². The van der Waals surface area contributed by atoms with Crippen molar-refractivity contribution in [2.45, 2.75) is 32.5 Å². The maximum absolute atomic E-state index is 12.8. The van der Waals surface area contributed by atoms with Crippen molar-refractivity contribution in [3.05, 3.63) is 41.7 Å². The number of benzene rings is 1. The predicted molar refractivity (Wildman–Crippen MR) is 81.5 cm³/mol. The normalized spacial score (nSPS) is 23.6. The summed E-state index contributed by atoms with van der Waals surface area (Å²) in [6.45, 7) is 6.61. The number of carbonyl (C=O) groups is 1. The number of morpholine rings is 1. The zero-order chi connectivity index (χ0) is 15.2. The molecule has 3 nitrogen and oxygen atoms in total. The molecule has 1 heterocycles. The van der Waals surface area contributed by atoms with Crippen molar-refractivity contribution in [3.8, 4) is 0 Å². The third-order valence-electron chi connectivity index (χ3n) is 3.50. The summed E-state index contributed by atoms with van der Waals surface area (Å²) in [6.07, 6.45) is 4.24. The Kier molecular flexibility index (Phi) is 5.65. The van der Waals surface area contributed by atoms with Crippen LogP contribution in [-0.2, 0) is 9.53 Å².